The second kappa shape index (κ2) is 15.5. The molecule has 0 aromatic heterocycles. The molecule has 10 radical (unpaired) electrons. The summed E-state index contributed by atoms with van der Waals surface area (Å²) in [6.45, 7) is 0. The molecule has 3 aliphatic rings. The Hall–Kier alpha value is 0.458. The molecule has 2 aromatic carbocycles. The van der Waals surface area contributed by atoms with Crippen LogP contribution in [0.15, 0.2) is 85.0 Å². The van der Waals surface area contributed by atoms with Gasteiger partial charge < -0.3 is 0 Å². The van der Waals surface area contributed by atoms with Crippen molar-refractivity contribution < 1.29 is 20.8 Å². The normalized spacial score (nSPS) is 18.2. The third-order valence-corrected chi connectivity index (χ3v) is 7.87. The van der Waals surface area contributed by atoms with Crippen LogP contribution >= 0.6 is 47.9 Å². The van der Waals surface area contributed by atoms with Gasteiger partial charge in [0.25, 0.3) is 0 Å². The minimum absolute atomic E-state index is 0.370. The summed E-state index contributed by atoms with van der Waals surface area (Å²) in [7, 11) is 9.36. The van der Waals surface area contributed by atoms with Gasteiger partial charge in [-0.15, -0.1) is 0 Å². The molecule has 0 bridgehead atoms. The topological polar surface area (TPSA) is 0 Å². The van der Waals surface area contributed by atoms with Gasteiger partial charge in [0.2, 0.25) is 0 Å². The number of halogens is 4. The summed E-state index contributed by atoms with van der Waals surface area (Å²) < 4.78 is 0. The molecular formula is C26H20BCl4PZr+2. The fraction of sp³-hybridized carbons (Fsp3) is 0. The van der Waals surface area contributed by atoms with Crippen molar-refractivity contribution in [3.05, 3.63) is 147 Å². The van der Waals surface area contributed by atoms with E-state index in [4.69, 9.17) is 39.9 Å². The Morgan fingerprint density at radius 3 is 1.67 bits per heavy atom. The van der Waals surface area contributed by atoms with Gasteiger partial charge in [0.15, 0.2) is 0 Å². The molecule has 5 rings (SSSR count). The van der Waals surface area contributed by atoms with Gasteiger partial charge in [0.05, 0.1) is 0 Å². The van der Waals surface area contributed by atoms with Crippen LogP contribution in [0.2, 0.25) is 0 Å². The van der Waals surface area contributed by atoms with Crippen LogP contribution in [0.4, 0.5) is 0 Å². The number of allylic oxidation sites excluding steroid dienone is 4. The molecule has 2 fully saturated rings. The Balaban J connectivity index is 0.000000233. The van der Waals surface area contributed by atoms with E-state index >= 15 is 0 Å². The molecule has 0 saturated heterocycles. The minimum atomic E-state index is -0.826. The molecule has 0 spiro atoms. The Labute approximate surface area is 229 Å². The molecule has 7 heteroatoms. The van der Waals surface area contributed by atoms with Gasteiger partial charge in [-0.1, -0.05) is 85.0 Å². The summed E-state index contributed by atoms with van der Waals surface area (Å²) in [5, 5.41) is 2.81. The van der Waals surface area contributed by atoms with Crippen LogP contribution in [0.25, 0.3) is 0 Å². The van der Waals surface area contributed by atoms with E-state index in [0.29, 0.717) is 0 Å². The van der Waals surface area contributed by atoms with Crippen molar-refractivity contribution in [3.8, 4) is 0 Å². The van der Waals surface area contributed by atoms with Crippen molar-refractivity contribution in [2.75, 3.05) is 0 Å². The molecule has 0 N–H and O–H groups in total. The average molecular weight is 607 g/mol. The monoisotopic (exact) mass is 604 g/mol. The molecule has 2 aromatic rings. The van der Waals surface area contributed by atoms with Crippen LogP contribution in [0.5, 0.6) is 0 Å². The van der Waals surface area contributed by atoms with Gasteiger partial charge in [0, 0.05) is 17.5 Å². The second-order valence-corrected chi connectivity index (χ2v) is 13.9. The van der Waals surface area contributed by atoms with Gasteiger partial charge in [-0.25, -0.2) is 0 Å². The van der Waals surface area contributed by atoms with Gasteiger partial charge >= 0.3 is 43.4 Å². The quantitative estimate of drug-likeness (QED) is 0.248. The summed E-state index contributed by atoms with van der Waals surface area (Å²) >= 11 is 10.2. The van der Waals surface area contributed by atoms with E-state index in [-0.39, 0.29) is 5.54 Å². The van der Waals surface area contributed by atoms with Crippen LogP contribution in [0.3, 0.4) is 0 Å². The Morgan fingerprint density at radius 2 is 1.18 bits per heavy atom. The number of hydrogen-bond donors (Lipinski definition) is 0. The predicted octanol–water partition coefficient (Wildman–Crippen LogP) is 7.62. The van der Waals surface area contributed by atoms with Gasteiger partial charge in [-0.2, -0.15) is 22.9 Å². The number of benzene rings is 2. The Morgan fingerprint density at radius 1 is 0.667 bits per heavy atom. The Bertz CT molecular complexity index is 820. The first-order valence-electron chi connectivity index (χ1n) is 10.2. The summed E-state index contributed by atoms with van der Waals surface area (Å²) in [5.74, 6) is 3.67. The zero-order valence-electron chi connectivity index (χ0n) is 17.6. The maximum absolute atomic E-state index is 5.51. The third-order valence-electron chi connectivity index (χ3n) is 4.87. The molecule has 2 saturated carbocycles. The predicted molar refractivity (Wildman–Crippen MR) is 145 cm³/mol. The first-order chi connectivity index (χ1) is 16.2. The first kappa shape index (κ1) is 28.0. The molecule has 162 valence electrons. The van der Waals surface area contributed by atoms with E-state index in [0.717, 1.165) is 5.82 Å². The molecule has 0 aliphatic heterocycles. The zero-order valence-corrected chi connectivity index (χ0v) is 24.0. The SMILES string of the molecule is ClB(Cl)[C]1[CH][CH][CH][CH]1.[CH]1[CH][C](P(c2ccccc2)c2ccccc2)[C]2C=CC=C[C]12.[Cl][Zr+2][Cl]. The zero-order chi connectivity index (χ0) is 23.5. The molecule has 0 atom stereocenters. The molecule has 33 heavy (non-hydrogen) atoms. The van der Waals surface area contributed by atoms with Crippen molar-refractivity contribution >= 4 is 64.0 Å². The number of rotatable bonds is 4. The third kappa shape index (κ3) is 8.52. The standard InChI is InChI=1S/C21H16P.C5H4BCl2.2ClH.Zr/c1-3-10-18(11-4-1)22(19-12-5-2-6-13-19)21-16-15-17-9-7-8-14-20(17)21;7-6(8)5-3-1-2-4-5;;;/h1-16H;1-4H;2*1H;/q;;;;+4/p-2. The van der Waals surface area contributed by atoms with Gasteiger partial charge in [0.1, 0.15) is 0 Å². The maximum atomic E-state index is 5.51. The Kier molecular flexibility index (Phi) is 13.2. The fourth-order valence-electron chi connectivity index (χ4n) is 3.44. The fourth-order valence-corrected chi connectivity index (χ4v) is 6.20. The molecule has 0 heterocycles. The molecular weight excluding hydrogens is 587 g/mol. The molecule has 3 aliphatic carbocycles. The average Bonchev–Trinajstić information content (AvgIpc) is 3.53. The van der Waals surface area contributed by atoms with E-state index in [1.165, 1.54) is 28.1 Å². The van der Waals surface area contributed by atoms with Gasteiger partial charge in [-0.05, 0) is 62.9 Å². The summed E-state index contributed by atoms with van der Waals surface area (Å²) in [5.41, 5.74) is 1.08. The summed E-state index contributed by atoms with van der Waals surface area (Å²) in [6.07, 6.45) is 20.8. The van der Waals surface area contributed by atoms with Crippen molar-refractivity contribution in [1.29, 1.82) is 0 Å². The van der Waals surface area contributed by atoms with Crippen LogP contribution in [0, 0.1) is 61.8 Å². The van der Waals surface area contributed by atoms with Crippen molar-refractivity contribution in [2.24, 2.45) is 0 Å². The molecule has 0 nitrogen and oxygen atoms in total. The van der Waals surface area contributed by atoms with Crippen LogP contribution in [-0.4, -0.2) is 5.54 Å². The van der Waals surface area contributed by atoms with Crippen molar-refractivity contribution in [2.45, 2.75) is 0 Å². The van der Waals surface area contributed by atoms with E-state index in [9.17, 15) is 0 Å². The first-order valence-corrected chi connectivity index (χ1v) is 18.7. The van der Waals surface area contributed by atoms with E-state index < -0.39 is 28.8 Å². The summed E-state index contributed by atoms with van der Waals surface area (Å²) in [4.78, 5) is 0. The van der Waals surface area contributed by atoms with E-state index in [2.05, 4.69) is 97.8 Å². The number of fused-ring (bicyclic) bond motifs is 1. The van der Waals surface area contributed by atoms with E-state index in [1.54, 1.807) is 0 Å². The van der Waals surface area contributed by atoms with E-state index in [1.807, 2.05) is 25.7 Å². The van der Waals surface area contributed by atoms with Gasteiger partial charge in [-0.3, -0.25) is 0 Å². The van der Waals surface area contributed by atoms with Crippen LogP contribution in [0.1, 0.15) is 0 Å². The molecule has 0 amide bonds. The van der Waals surface area contributed by atoms with Crippen molar-refractivity contribution in [3.63, 3.8) is 0 Å². The number of hydrogen-bond acceptors (Lipinski definition) is 0. The van der Waals surface area contributed by atoms with Crippen LogP contribution in [-0.2, 0) is 20.8 Å². The van der Waals surface area contributed by atoms with Crippen molar-refractivity contribution in [1.82, 2.24) is 0 Å². The summed E-state index contributed by atoms with van der Waals surface area (Å²) in [6, 6.07) is 21.7. The second-order valence-electron chi connectivity index (χ2n) is 6.90. The molecule has 0 unspecified atom stereocenters. The van der Waals surface area contributed by atoms with Crippen LogP contribution < -0.4 is 10.6 Å².